The van der Waals surface area contributed by atoms with Crippen molar-refractivity contribution in [2.75, 3.05) is 12.4 Å². The van der Waals surface area contributed by atoms with Crippen LogP contribution in [0.15, 0.2) is 78.9 Å². The second-order valence-corrected chi connectivity index (χ2v) is 5.96. The van der Waals surface area contributed by atoms with Crippen molar-refractivity contribution >= 4 is 28.9 Å². The third-order valence-corrected chi connectivity index (χ3v) is 3.87. The molecule has 6 heteroatoms. The van der Waals surface area contributed by atoms with E-state index in [4.69, 9.17) is 21.7 Å². The number of rotatable bonds is 5. The summed E-state index contributed by atoms with van der Waals surface area (Å²) >= 11 is 5.28. The van der Waals surface area contributed by atoms with E-state index in [2.05, 4.69) is 10.6 Å². The van der Waals surface area contributed by atoms with E-state index in [9.17, 15) is 4.79 Å². The Morgan fingerprint density at radius 1 is 0.889 bits per heavy atom. The molecular formula is C21H18N2O3S. The van der Waals surface area contributed by atoms with Crippen LogP contribution in [-0.2, 0) is 0 Å². The van der Waals surface area contributed by atoms with Gasteiger partial charge in [-0.1, -0.05) is 36.4 Å². The number of nitrogens with one attached hydrogen (secondary N) is 2. The van der Waals surface area contributed by atoms with Crippen molar-refractivity contribution in [1.82, 2.24) is 5.32 Å². The predicted octanol–water partition coefficient (Wildman–Crippen LogP) is 4.61. The summed E-state index contributed by atoms with van der Waals surface area (Å²) in [4.78, 5) is 12.2. The number of ether oxygens (including phenoxy) is 2. The monoisotopic (exact) mass is 378 g/mol. The molecule has 2 N–H and O–H groups in total. The first-order valence-electron chi connectivity index (χ1n) is 8.24. The summed E-state index contributed by atoms with van der Waals surface area (Å²) in [5, 5.41) is 5.82. The predicted molar refractivity (Wildman–Crippen MR) is 110 cm³/mol. The Hall–Kier alpha value is -3.38. The molecule has 0 radical (unpaired) electrons. The molecule has 5 nitrogen and oxygen atoms in total. The zero-order valence-electron chi connectivity index (χ0n) is 14.6. The van der Waals surface area contributed by atoms with Crippen molar-refractivity contribution < 1.29 is 14.3 Å². The molecule has 0 spiro atoms. The maximum absolute atomic E-state index is 12.2. The molecule has 0 saturated heterocycles. The molecule has 0 aliphatic heterocycles. The molecule has 3 rings (SSSR count). The van der Waals surface area contributed by atoms with E-state index < -0.39 is 0 Å². The first-order valence-corrected chi connectivity index (χ1v) is 8.65. The molecule has 0 atom stereocenters. The van der Waals surface area contributed by atoms with Crippen molar-refractivity contribution in [3.05, 3.63) is 84.4 Å². The summed E-state index contributed by atoms with van der Waals surface area (Å²) in [5.74, 6) is 1.58. The van der Waals surface area contributed by atoms with Crippen LogP contribution in [0.4, 0.5) is 5.69 Å². The van der Waals surface area contributed by atoms with E-state index >= 15 is 0 Å². The van der Waals surface area contributed by atoms with Gasteiger partial charge in [0.1, 0.15) is 11.5 Å². The fourth-order valence-electron chi connectivity index (χ4n) is 2.36. The van der Waals surface area contributed by atoms with Crippen LogP contribution in [0.2, 0.25) is 0 Å². The first kappa shape index (κ1) is 18.4. The molecule has 0 aromatic heterocycles. The zero-order valence-corrected chi connectivity index (χ0v) is 15.5. The van der Waals surface area contributed by atoms with Crippen LogP contribution in [-0.4, -0.2) is 18.1 Å². The second-order valence-electron chi connectivity index (χ2n) is 5.55. The number of amides is 1. The van der Waals surface area contributed by atoms with Gasteiger partial charge >= 0.3 is 0 Å². The minimum absolute atomic E-state index is 0.162. The maximum Gasteiger partial charge on any atom is 0.257 e. The number of benzene rings is 3. The number of hydrogen-bond acceptors (Lipinski definition) is 4. The fraction of sp³-hybridized carbons (Fsp3) is 0.0476. The number of methoxy groups -OCH3 is 1. The van der Waals surface area contributed by atoms with Crippen LogP contribution < -0.4 is 20.1 Å². The molecule has 0 fully saturated rings. The van der Waals surface area contributed by atoms with Crippen LogP contribution in [0.25, 0.3) is 0 Å². The van der Waals surface area contributed by atoms with Crippen molar-refractivity contribution in [1.29, 1.82) is 0 Å². The van der Waals surface area contributed by atoms with Gasteiger partial charge in [-0.15, -0.1) is 0 Å². The lowest BCUT2D eigenvalue weighted by Crippen LogP contribution is -2.34. The van der Waals surface area contributed by atoms with E-state index in [1.54, 1.807) is 49.6 Å². The molecule has 3 aromatic rings. The highest BCUT2D eigenvalue weighted by Crippen LogP contribution is 2.32. The summed E-state index contributed by atoms with van der Waals surface area (Å²) in [5.41, 5.74) is 1.10. The van der Waals surface area contributed by atoms with Crippen LogP contribution in [0, 0.1) is 0 Å². The van der Waals surface area contributed by atoms with Gasteiger partial charge in [-0.25, -0.2) is 0 Å². The van der Waals surface area contributed by atoms with Gasteiger partial charge in [-0.05, 0) is 48.6 Å². The van der Waals surface area contributed by atoms with Crippen LogP contribution in [0.1, 0.15) is 10.4 Å². The minimum atomic E-state index is -0.290. The minimum Gasteiger partial charge on any atom is -0.497 e. The molecule has 1 amide bonds. The molecule has 136 valence electrons. The highest BCUT2D eigenvalue weighted by Gasteiger charge is 2.12. The normalized spacial score (nSPS) is 9.96. The number of carbonyl (C=O) groups excluding carboxylic acids is 1. The van der Waals surface area contributed by atoms with E-state index in [1.807, 2.05) is 36.4 Å². The molecular weight excluding hydrogens is 360 g/mol. The topological polar surface area (TPSA) is 59.6 Å². The number of hydrogen-bond donors (Lipinski definition) is 2. The van der Waals surface area contributed by atoms with Crippen LogP contribution >= 0.6 is 12.2 Å². The first-order chi connectivity index (χ1) is 13.2. The largest absolute Gasteiger partial charge is 0.497 e. The van der Waals surface area contributed by atoms with Crippen molar-refractivity contribution in [3.63, 3.8) is 0 Å². The van der Waals surface area contributed by atoms with Crippen LogP contribution in [0.3, 0.4) is 0 Å². The summed E-state index contributed by atoms with van der Waals surface area (Å²) in [7, 11) is 1.58. The Kier molecular flexibility index (Phi) is 6.02. The second kappa shape index (κ2) is 8.82. The Bertz CT molecular complexity index is 931. The summed E-state index contributed by atoms with van der Waals surface area (Å²) in [6.07, 6.45) is 0. The van der Waals surface area contributed by atoms with Gasteiger partial charge in [0.05, 0.1) is 12.8 Å². The average molecular weight is 378 g/mol. The van der Waals surface area contributed by atoms with E-state index in [0.29, 0.717) is 28.5 Å². The van der Waals surface area contributed by atoms with E-state index in [1.165, 1.54) is 0 Å². The fourth-order valence-corrected chi connectivity index (χ4v) is 2.56. The third-order valence-electron chi connectivity index (χ3n) is 3.67. The van der Waals surface area contributed by atoms with Gasteiger partial charge in [0.2, 0.25) is 0 Å². The Labute approximate surface area is 162 Å². The molecule has 0 unspecified atom stereocenters. The SMILES string of the molecule is COc1ccc(Oc2ccccc2)c(NC(=S)NC(=O)c2ccccc2)c1. The zero-order chi connectivity index (χ0) is 19.1. The van der Waals surface area contributed by atoms with Crippen molar-refractivity contribution in [2.45, 2.75) is 0 Å². The molecule has 0 aliphatic rings. The van der Waals surface area contributed by atoms with Gasteiger partial charge in [0, 0.05) is 11.6 Å². The molecule has 0 aliphatic carbocycles. The van der Waals surface area contributed by atoms with Gasteiger partial charge in [0.15, 0.2) is 10.9 Å². The number of anilines is 1. The molecule has 0 saturated carbocycles. The standard InChI is InChI=1S/C21H18N2O3S/c1-25-17-12-13-19(26-16-10-6-3-7-11-16)18(14-17)22-21(27)23-20(24)15-8-4-2-5-9-15/h2-14H,1H3,(H2,22,23,24,27). The van der Waals surface area contributed by atoms with Gasteiger partial charge in [-0.3, -0.25) is 10.1 Å². The average Bonchev–Trinajstić information content (AvgIpc) is 2.70. The maximum atomic E-state index is 12.2. The lowest BCUT2D eigenvalue weighted by atomic mass is 10.2. The Morgan fingerprint density at radius 3 is 2.22 bits per heavy atom. The Balaban J connectivity index is 1.76. The summed E-state index contributed by atoms with van der Waals surface area (Å²) in [6.45, 7) is 0. The summed E-state index contributed by atoms with van der Waals surface area (Å²) < 4.78 is 11.2. The number of para-hydroxylation sites is 1. The quantitative estimate of drug-likeness (QED) is 0.635. The van der Waals surface area contributed by atoms with Crippen LogP contribution in [0.5, 0.6) is 17.2 Å². The van der Waals surface area contributed by atoms with Crippen molar-refractivity contribution in [3.8, 4) is 17.2 Å². The van der Waals surface area contributed by atoms with E-state index in [0.717, 1.165) is 0 Å². The van der Waals surface area contributed by atoms with Gasteiger partial charge < -0.3 is 14.8 Å². The molecule has 0 bridgehead atoms. The summed E-state index contributed by atoms with van der Waals surface area (Å²) in [6, 6.07) is 23.6. The third kappa shape index (κ3) is 5.05. The molecule has 0 heterocycles. The highest BCUT2D eigenvalue weighted by atomic mass is 32.1. The highest BCUT2D eigenvalue weighted by molar-refractivity contribution is 7.80. The lowest BCUT2D eigenvalue weighted by Gasteiger charge is -2.15. The Morgan fingerprint density at radius 2 is 1.56 bits per heavy atom. The number of carbonyl (C=O) groups is 1. The van der Waals surface area contributed by atoms with Gasteiger partial charge in [0.25, 0.3) is 5.91 Å². The molecule has 27 heavy (non-hydrogen) atoms. The van der Waals surface area contributed by atoms with Gasteiger partial charge in [-0.2, -0.15) is 0 Å². The van der Waals surface area contributed by atoms with Crippen molar-refractivity contribution in [2.24, 2.45) is 0 Å². The van der Waals surface area contributed by atoms with E-state index in [-0.39, 0.29) is 11.0 Å². The smallest absolute Gasteiger partial charge is 0.257 e. The lowest BCUT2D eigenvalue weighted by molar-refractivity contribution is 0.0977. The molecule has 3 aromatic carbocycles. The number of thiocarbonyl (C=S) groups is 1.